The summed E-state index contributed by atoms with van der Waals surface area (Å²) in [5.41, 5.74) is -0.927. The predicted octanol–water partition coefficient (Wildman–Crippen LogP) is 2.33. The molecule has 0 aliphatic carbocycles. The van der Waals surface area contributed by atoms with E-state index in [0.717, 1.165) is 16.7 Å². The number of nitrogens with one attached hydrogen (secondary N) is 2. The minimum atomic E-state index is -4.46. The number of aliphatic hydroxyl groups excluding tert-OH is 1. The van der Waals surface area contributed by atoms with Crippen LogP contribution in [0.25, 0.3) is 0 Å². The fourth-order valence-electron chi connectivity index (χ4n) is 1.67. The fourth-order valence-corrected chi connectivity index (χ4v) is 2.48. The van der Waals surface area contributed by atoms with Gasteiger partial charge in [-0.05, 0) is 12.1 Å². The third-order valence-corrected chi connectivity index (χ3v) is 3.70. The Bertz CT molecular complexity index is 628. The van der Waals surface area contributed by atoms with E-state index in [0.29, 0.717) is 5.76 Å². The van der Waals surface area contributed by atoms with Crippen LogP contribution >= 0.6 is 11.3 Å². The maximum absolute atomic E-state index is 12.4. The Hall–Kier alpha value is -2.07. The molecule has 2 heterocycles. The maximum Gasteiger partial charge on any atom is 0.434 e. The van der Waals surface area contributed by atoms with Crippen molar-refractivity contribution in [1.29, 1.82) is 0 Å². The van der Waals surface area contributed by atoms with Crippen molar-refractivity contribution in [3.63, 3.8) is 0 Å². The zero-order valence-corrected chi connectivity index (χ0v) is 12.6. The Morgan fingerprint density at radius 1 is 1.43 bits per heavy atom. The number of hydrogen-bond acceptors (Lipinski definition) is 5. The monoisotopic (exact) mass is 349 g/mol. The highest BCUT2D eigenvalue weighted by Gasteiger charge is 2.33. The minimum absolute atomic E-state index is 0.0468. The first kappa shape index (κ1) is 17.3. The summed E-state index contributed by atoms with van der Waals surface area (Å²) in [5, 5.41) is 15.8. The molecule has 126 valence electrons. The molecule has 2 aromatic rings. The number of aromatic nitrogens is 1. The standard InChI is InChI=1S/C13H14F3N3O3S/c14-13(15,16)10-7-23-11(19-10)3-4-17-12(21)18-6-8(20)9-2-1-5-22-9/h1-2,5,7-8,20H,3-4,6H2,(H2,17,18,21). The largest absolute Gasteiger partial charge is 0.467 e. The lowest BCUT2D eigenvalue weighted by Crippen LogP contribution is -2.38. The molecule has 0 aromatic carbocycles. The Kier molecular flexibility index (Phi) is 5.61. The minimum Gasteiger partial charge on any atom is -0.467 e. The summed E-state index contributed by atoms with van der Waals surface area (Å²) < 4.78 is 42.1. The number of alkyl halides is 3. The van der Waals surface area contributed by atoms with Crippen LogP contribution in [0.2, 0.25) is 0 Å². The Labute approximate surface area is 133 Å². The first-order chi connectivity index (χ1) is 10.9. The number of furan rings is 1. The van der Waals surface area contributed by atoms with Gasteiger partial charge in [-0.2, -0.15) is 13.2 Å². The third-order valence-electron chi connectivity index (χ3n) is 2.79. The van der Waals surface area contributed by atoms with Gasteiger partial charge in [0.1, 0.15) is 11.9 Å². The molecule has 0 fully saturated rings. The molecular weight excluding hydrogens is 335 g/mol. The average molecular weight is 349 g/mol. The second-order valence-corrected chi connectivity index (χ2v) is 5.48. The van der Waals surface area contributed by atoms with Gasteiger partial charge in [-0.25, -0.2) is 9.78 Å². The molecular formula is C13H14F3N3O3S. The lowest BCUT2D eigenvalue weighted by Gasteiger charge is -2.10. The summed E-state index contributed by atoms with van der Waals surface area (Å²) in [6.45, 7) is 0.0856. The van der Waals surface area contributed by atoms with Gasteiger partial charge in [0, 0.05) is 18.3 Å². The van der Waals surface area contributed by atoms with Crippen LogP contribution in [0.15, 0.2) is 28.2 Å². The SMILES string of the molecule is O=C(NCCc1nc(C(F)(F)F)cs1)NCC(O)c1ccco1. The van der Waals surface area contributed by atoms with E-state index >= 15 is 0 Å². The number of amides is 2. The third kappa shape index (κ3) is 5.25. The highest BCUT2D eigenvalue weighted by Crippen LogP contribution is 2.29. The van der Waals surface area contributed by atoms with Crippen LogP contribution in [0, 0.1) is 0 Å². The smallest absolute Gasteiger partial charge is 0.434 e. The van der Waals surface area contributed by atoms with Crippen LogP contribution in [0.4, 0.5) is 18.0 Å². The topological polar surface area (TPSA) is 87.4 Å². The van der Waals surface area contributed by atoms with Crippen LogP contribution in [0.5, 0.6) is 0 Å². The summed E-state index contributed by atoms with van der Waals surface area (Å²) in [7, 11) is 0. The molecule has 3 N–H and O–H groups in total. The number of rotatable bonds is 6. The van der Waals surface area contributed by atoms with Gasteiger partial charge < -0.3 is 20.2 Å². The molecule has 0 radical (unpaired) electrons. The summed E-state index contributed by atoms with van der Waals surface area (Å²) in [4.78, 5) is 15.0. The summed E-state index contributed by atoms with van der Waals surface area (Å²) >= 11 is 0.889. The molecule has 0 bridgehead atoms. The van der Waals surface area contributed by atoms with Crippen molar-refractivity contribution in [1.82, 2.24) is 15.6 Å². The summed E-state index contributed by atoms with van der Waals surface area (Å²) in [5.74, 6) is 0.327. The van der Waals surface area contributed by atoms with E-state index in [1.807, 2.05) is 0 Å². The predicted molar refractivity (Wildman–Crippen MR) is 75.9 cm³/mol. The number of nitrogens with zero attached hydrogens (tertiary/aromatic N) is 1. The van der Waals surface area contributed by atoms with Crippen LogP contribution < -0.4 is 10.6 Å². The molecule has 23 heavy (non-hydrogen) atoms. The van der Waals surface area contributed by atoms with E-state index in [4.69, 9.17) is 4.42 Å². The van der Waals surface area contributed by atoms with Gasteiger partial charge in [0.05, 0.1) is 17.8 Å². The molecule has 0 aliphatic rings. The Balaban J connectivity index is 1.68. The van der Waals surface area contributed by atoms with Crippen molar-refractivity contribution in [3.8, 4) is 0 Å². The van der Waals surface area contributed by atoms with Crippen molar-refractivity contribution in [2.75, 3.05) is 13.1 Å². The summed E-state index contributed by atoms with van der Waals surface area (Å²) in [6, 6.07) is 2.65. The van der Waals surface area contributed by atoms with E-state index in [1.54, 1.807) is 12.1 Å². The molecule has 0 spiro atoms. The van der Waals surface area contributed by atoms with Gasteiger partial charge in [-0.1, -0.05) is 0 Å². The van der Waals surface area contributed by atoms with Crippen LogP contribution in [-0.2, 0) is 12.6 Å². The number of aliphatic hydroxyl groups is 1. The van der Waals surface area contributed by atoms with Gasteiger partial charge in [-0.3, -0.25) is 0 Å². The van der Waals surface area contributed by atoms with Gasteiger partial charge >= 0.3 is 12.2 Å². The maximum atomic E-state index is 12.4. The van der Waals surface area contributed by atoms with Crippen LogP contribution in [0.1, 0.15) is 22.6 Å². The van der Waals surface area contributed by atoms with Gasteiger partial charge in [0.25, 0.3) is 0 Å². The molecule has 2 amide bonds. The number of halogens is 3. The van der Waals surface area contributed by atoms with Crippen LogP contribution in [0.3, 0.4) is 0 Å². The lowest BCUT2D eigenvalue weighted by molar-refractivity contribution is -0.140. The van der Waals surface area contributed by atoms with Crippen molar-refractivity contribution in [2.24, 2.45) is 0 Å². The first-order valence-electron chi connectivity index (χ1n) is 6.61. The molecule has 0 saturated heterocycles. The second-order valence-electron chi connectivity index (χ2n) is 4.54. The zero-order chi connectivity index (χ0) is 16.9. The number of carbonyl (C=O) groups excluding carboxylic acids is 1. The van der Waals surface area contributed by atoms with Crippen molar-refractivity contribution in [2.45, 2.75) is 18.7 Å². The van der Waals surface area contributed by atoms with Crippen molar-refractivity contribution in [3.05, 3.63) is 40.2 Å². The lowest BCUT2D eigenvalue weighted by atomic mass is 10.3. The molecule has 10 heteroatoms. The average Bonchev–Trinajstić information content (AvgIpc) is 3.15. The van der Waals surface area contributed by atoms with E-state index in [1.165, 1.54) is 6.26 Å². The molecule has 0 saturated carbocycles. The van der Waals surface area contributed by atoms with Crippen LogP contribution in [-0.4, -0.2) is 29.2 Å². The highest BCUT2D eigenvalue weighted by molar-refractivity contribution is 7.09. The molecule has 1 unspecified atom stereocenters. The second kappa shape index (κ2) is 7.47. The summed E-state index contributed by atoms with van der Waals surface area (Å²) in [6.07, 6.45) is -3.83. The van der Waals surface area contributed by atoms with E-state index < -0.39 is 24.0 Å². The number of hydrogen-bond donors (Lipinski definition) is 3. The molecule has 1 atom stereocenters. The number of carbonyl (C=O) groups is 1. The number of thiazole rings is 1. The Morgan fingerprint density at radius 3 is 2.83 bits per heavy atom. The molecule has 2 aromatic heterocycles. The van der Waals surface area contributed by atoms with Crippen molar-refractivity contribution < 1.29 is 27.5 Å². The van der Waals surface area contributed by atoms with Gasteiger partial charge in [0.15, 0.2) is 5.69 Å². The van der Waals surface area contributed by atoms with Crippen molar-refractivity contribution >= 4 is 17.4 Å². The zero-order valence-electron chi connectivity index (χ0n) is 11.8. The van der Waals surface area contributed by atoms with Gasteiger partial charge in [0.2, 0.25) is 0 Å². The highest BCUT2D eigenvalue weighted by atomic mass is 32.1. The fraction of sp³-hybridized carbons (Fsp3) is 0.385. The molecule has 6 nitrogen and oxygen atoms in total. The van der Waals surface area contributed by atoms with E-state index in [2.05, 4.69) is 15.6 Å². The molecule has 0 aliphatic heterocycles. The molecule has 2 rings (SSSR count). The first-order valence-corrected chi connectivity index (χ1v) is 7.49. The van der Waals surface area contributed by atoms with E-state index in [9.17, 15) is 23.1 Å². The normalized spacial score (nSPS) is 12.9. The van der Waals surface area contributed by atoms with Gasteiger partial charge in [-0.15, -0.1) is 11.3 Å². The Morgan fingerprint density at radius 2 is 2.22 bits per heavy atom. The number of urea groups is 1. The quantitative estimate of drug-likeness (QED) is 0.747. The van der Waals surface area contributed by atoms with E-state index in [-0.39, 0.29) is 24.5 Å².